The van der Waals surface area contributed by atoms with E-state index in [-0.39, 0.29) is 23.5 Å². The van der Waals surface area contributed by atoms with Gasteiger partial charge in [-0.25, -0.2) is 18.4 Å². The summed E-state index contributed by atoms with van der Waals surface area (Å²) < 4.78 is 291. The third-order valence-electron chi connectivity index (χ3n) is 10.6. The fourth-order valence-electron chi connectivity index (χ4n) is 6.65. The summed E-state index contributed by atoms with van der Waals surface area (Å²) in [5, 5.41) is 2.09. The summed E-state index contributed by atoms with van der Waals surface area (Å²) in [6, 6.07) is 5.92. The molecule has 0 aliphatic rings. The Bertz CT molecular complexity index is 2090. The predicted octanol–water partition coefficient (Wildman–Crippen LogP) is 13.5. The van der Waals surface area contributed by atoms with Crippen LogP contribution >= 0.6 is 0 Å². The zero-order valence-corrected chi connectivity index (χ0v) is 37.8. The van der Waals surface area contributed by atoms with Crippen molar-refractivity contribution in [3.63, 3.8) is 0 Å². The Morgan fingerprint density at radius 2 is 1.23 bits per heavy atom. The molecule has 0 unspecified atom stereocenters. The Balaban J connectivity index is 2.37. The monoisotopic (exact) mass is 1050 g/mol. The van der Waals surface area contributed by atoms with Crippen molar-refractivity contribution in [1.29, 1.82) is 0 Å². The molecule has 2 aromatic rings. The van der Waals surface area contributed by atoms with E-state index in [4.69, 9.17) is 23.4 Å². The summed E-state index contributed by atoms with van der Waals surface area (Å²) >= 11 is 0. The van der Waals surface area contributed by atoms with Crippen molar-refractivity contribution < 1.29 is 116 Å². The summed E-state index contributed by atoms with van der Waals surface area (Å²) in [6.07, 6.45) is -12.2. The zero-order valence-electron chi connectivity index (χ0n) is 36.8. The van der Waals surface area contributed by atoms with Gasteiger partial charge >= 0.3 is 59.7 Å². The van der Waals surface area contributed by atoms with Crippen LogP contribution in [0, 0.1) is 11.6 Å². The number of hydrogen-bond acceptors (Lipinski definition) is 7. The van der Waals surface area contributed by atoms with E-state index >= 15 is 8.78 Å². The largest absolute Gasteiger partial charge is 0.491 e. The van der Waals surface area contributed by atoms with Crippen molar-refractivity contribution in [2.75, 3.05) is 32.2 Å². The molecule has 1 N–H and O–H groups in total. The molecule has 2 rings (SSSR count). The molecular weight excluding hydrogens is 1010 g/mol. The second-order valence-corrected chi connectivity index (χ2v) is 20.7. The van der Waals surface area contributed by atoms with Gasteiger partial charge in [0.25, 0.3) is 0 Å². The van der Waals surface area contributed by atoms with Gasteiger partial charge in [0.05, 0.1) is 12.3 Å². The minimum absolute atomic E-state index is 0.0146. The highest BCUT2D eigenvalue weighted by molar-refractivity contribution is 6.76. The lowest BCUT2D eigenvalue weighted by Gasteiger charge is -2.44. The van der Waals surface area contributed by atoms with Crippen molar-refractivity contribution >= 4 is 26.1 Å². The maximum atomic E-state index is 15.0. The molecule has 28 heteroatoms. The molecule has 0 fully saturated rings. The normalized spacial score (nSPS) is 15.0. The summed E-state index contributed by atoms with van der Waals surface area (Å²) in [7, 11) is -2.92. The molecule has 0 heterocycles. The van der Waals surface area contributed by atoms with Crippen molar-refractivity contribution in [1.82, 2.24) is 0 Å². The molecule has 0 radical (unpaired) electrons. The molecule has 1 amide bonds. The molecule has 0 bridgehead atoms. The molecule has 2 atom stereocenters. The number of benzene rings is 2. The van der Waals surface area contributed by atoms with Crippen LogP contribution in [0.5, 0.6) is 5.75 Å². The molecule has 0 saturated heterocycles. The van der Waals surface area contributed by atoms with Crippen LogP contribution in [0.25, 0.3) is 0 Å². The van der Waals surface area contributed by atoms with Gasteiger partial charge in [0.1, 0.15) is 36.7 Å². The number of rotatable bonds is 25. The quantitative estimate of drug-likeness (QED) is 0.0264. The number of amides is 1. The minimum atomic E-state index is -8.73. The van der Waals surface area contributed by atoms with Crippen LogP contribution < -0.4 is 10.1 Å². The average Bonchev–Trinajstić information content (AvgIpc) is 3.22. The molecule has 0 aliphatic carbocycles. The Morgan fingerprint density at radius 1 is 0.725 bits per heavy atom. The van der Waals surface area contributed by atoms with E-state index in [1.165, 1.54) is 72.1 Å². The van der Waals surface area contributed by atoms with Crippen LogP contribution in [0.2, 0.25) is 17.1 Å². The molecule has 0 saturated carbocycles. The Morgan fingerprint density at radius 3 is 1.70 bits per heavy atom. The van der Waals surface area contributed by atoms with Gasteiger partial charge < -0.3 is 23.4 Å². The number of nitrogens with one attached hydrogen (secondary N) is 1. The smallest absolute Gasteiger partial charge is 0.460 e. The highest BCUT2D eigenvalue weighted by Gasteiger charge is 2.95. The van der Waals surface area contributed by atoms with Crippen molar-refractivity contribution in [3.8, 4) is 5.75 Å². The van der Waals surface area contributed by atoms with Gasteiger partial charge in [0, 0.05) is 25.7 Å². The molecule has 69 heavy (non-hydrogen) atoms. The Hall–Kier alpha value is -4.73. The number of halogens is 19. The van der Waals surface area contributed by atoms with Gasteiger partial charge in [-0.15, -0.1) is 0 Å². The standard InChI is InChI=1S/C41H44F19NO7Si/c1-8-16-66-30(62)20-24(6)31(64-7)32(68-33(63)61-29-14-11-26(42)21-28(29)43)25-9-12-27(13-10-25)65-17-18-67-69(22(2)3,23(4)5)19-15-34(44,45)35(46,47)36(48,49)37(50,51)38(52,53)39(54,55)40(56,57)41(58,59)60/h8-14,20-23,31-32H,1,15-19H2,2-7H3,(H,61,63)/b24-20+/t31-,32-/m1/s1. The van der Waals surface area contributed by atoms with Gasteiger partial charge in [-0.3, -0.25) is 5.32 Å². The van der Waals surface area contributed by atoms with E-state index in [9.17, 15) is 84.2 Å². The lowest BCUT2D eigenvalue weighted by molar-refractivity contribution is -0.461. The van der Waals surface area contributed by atoms with Gasteiger partial charge in [-0.1, -0.05) is 52.5 Å². The van der Waals surface area contributed by atoms with E-state index in [0.29, 0.717) is 6.07 Å². The third-order valence-corrected chi connectivity index (χ3v) is 16.3. The maximum absolute atomic E-state index is 15.0. The van der Waals surface area contributed by atoms with E-state index in [1.54, 1.807) is 0 Å². The first-order chi connectivity index (χ1) is 31.3. The van der Waals surface area contributed by atoms with Crippen molar-refractivity contribution in [2.24, 2.45) is 0 Å². The lowest BCUT2D eigenvalue weighted by Crippen LogP contribution is -2.74. The van der Waals surface area contributed by atoms with Crippen molar-refractivity contribution in [2.45, 2.75) is 118 Å². The molecule has 0 spiro atoms. The molecule has 0 aliphatic heterocycles. The number of ether oxygens (including phenoxy) is 4. The summed E-state index contributed by atoms with van der Waals surface area (Å²) in [5.74, 6) is -60.1. The van der Waals surface area contributed by atoms with Gasteiger partial charge in [0.15, 0.2) is 14.4 Å². The number of carbonyl (C=O) groups excluding carboxylic acids is 2. The predicted molar refractivity (Wildman–Crippen MR) is 209 cm³/mol. The van der Waals surface area contributed by atoms with Crippen LogP contribution in [-0.4, -0.2) is 101 Å². The van der Waals surface area contributed by atoms with E-state index < -0.39 is 134 Å². The molecular formula is C41H44F19NO7Si. The van der Waals surface area contributed by atoms with E-state index in [2.05, 4.69) is 11.9 Å². The summed E-state index contributed by atoms with van der Waals surface area (Å²) in [4.78, 5) is 25.3. The minimum Gasteiger partial charge on any atom is -0.491 e. The van der Waals surface area contributed by atoms with Crippen molar-refractivity contribution in [3.05, 3.63) is 84.0 Å². The van der Waals surface area contributed by atoms with Crippen LogP contribution in [-0.2, 0) is 23.4 Å². The van der Waals surface area contributed by atoms with Crippen LogP contribution in [0.3, 0.4) is 0 Å². The number of methoxy groups -OCH3 is 1. The first kappa shape index (κ1) is 60.4. The van der Waals surface area contributed by atoms with Gasteiger partial charge in [-0.2, -0.15) is 74.6 Å². The molecule has 8 nitrogen and oxygen atoms in total. The number of esters is 1. The lowest BCUT2D eigenvalue weighted by atomic mass is 9.88. The van der Waals surface area contributed by atoms with Crippen LogP contribution in [0.1, 0.15) is 52.7 Å². The van der Waals surface area contributed by atoms with Crippen LogP contribution in [0.15, 0.2) is 66.8 Å². The topological polar surface area (TPSA) is 92.3 Å². The SMILES string of the molecule is C=CCOC(=O)/C=C(\C)[C@@H](OC)[C@H](OC(=O)Nc1ccc(F)cc1F)c1ccc(OCCO[Si](CCC(F)(F)C(F)(F)C(F)(F)C(F)(F)C(F)(F)C(F)(F)C(F)(F)C(F)(F)F)(C(C)C)C(C)C)cc1. The number of anilines is 1. The Labute approximate surface area is 382 Å². The summed E-state index contributed by atoms with van der Waals surface area (Å²) in [6.45, 7) is 8.61. The number of hydrogen-bond donors (Lipinski definition) is 1. The van der Waals surface area contributed by atoms with Gasteiger partial charge in [-0.05, 0) is 59.5 Å². The first-order valence-electron chi connectivity index (χ1n) is 19.8. The second-order valence-electron chi connectivity index (χ2n) is 15.7. The number of carbonyl (C=O) groups is 2. The highest BCUT2D eigenvalue weighted by atomic mass is 28.4. The second kappa shape index (κ2) is 22.1. The maximum Gasteiger partial charge on any atom is 0.460 e. The number of alkyl halides is 17. The summed E-state index contributed by atoms with van der Waals surface area (Å²) in [5.41, 5.74) is -2.13. The first-order valence-corrected chi connectivity index (χ1v) is 22.0. The Kier molecular flexibility index (Phi) is 19.4. The zero-order chi connectivity index (χ0) is 53.6. The fourth-order valence-corrected chi connectivity index (χ4v) is 11.1. The fraction of sp³-hybridized carbons (Fsp3) is 0.561. The molecule has 0 aromatic heterocycles. The van der Waals surface area contributed by atoms with E-state index in [0.717, 1.165) is 18.2 Å². The van der Waals surface area contributed by atoms with Gasteiger partial charge in [0.2, 0.25) is 0 Å². The average molecular weight is 1050 g/mol. The molecule has 392 valence electrons. The third kappa shape index (κ3) is 12.4. The van der Waals surface area contributed by atoms with E-state index in [1.807, 2.05) is 0 Å². The van der Waals surface area contributed by atoms with Crippen LogP contribution in [0.4, 0.5) is 93.9 Å². The highest BCUT2D eigenvalue weighted by Crippen LogP contribution is 2.64. The molecule has 2 aromatic carbocycles.